The van der Waals surface area contributed by atoms with Crippen LogP contribution in [0, 0.1) is 0 Å². The zero-order valence-electron chi connectivity index (χ0n) is 8.89. The maximum absolute atomic E-state index is 5.39. The lowest BCUT2D eigenvalue weighted by molar-refractivity contribution is 0.416. The summed E-state index contributed by atoms with van der Waals surface area (Å²) in [4.78, 5) is 2.47. The molecule has 0 aromatic heterocycles. The highest BCUT2D eigenvalue weighted by molar-refractivity contribution is 5.66. The van der Waals surface area contributed by atoms with Crippen molar-refractivity contribution in [3.05, 3.63) is 36.4 Å². The molecule has 0 bridgehead atoms. The molecule has 1 fully saturated rings. The molecule has 0 N–H and O–H groups in total. The molecule has 3 rings (SSSR count). The number of rotatable bonds is 2. The van der Waals surface area contributed by atoms with Crippen LogP contribution in [0.1, 0.15) is 12.8 Å². The van der Waals surface area contributed by atoms with Crippen molar-refractivity contribution in [3.63, 3.8) is 0 Å². The number of benzene rings is 1. The second-order valence-electron chi connectivity index (χ2n) is 4.16. The Hall–Kier alpha value is -1.44. The minimum Gasteiger partial charge on any atom is -0.495 e. The van der Waals surface area contributed by atoms with E-state index in [1.54, 1.807) is 7.11 Å². The first kappa shape index (κ1) is 8.84. The predicted octanol–water partition coefficient (Wildman–Crippen LogP) is 2.60. The Labute approximate surface area is 90.2 Å². The van der Waals surface area contributed by atoms with E-state index >= 15 is 0 Å². The van der Waals surface area contributed by atoms with Crippen LogP contribution in [-0.4, -0.2) is 19.2 Å². The van der Waals surface area contributed by atoms with E-state index in [2.05, 4.69) is 29.2 Å². The molecule has 2 nitrogen and oxygen atoms in total. The van der Waals surface area contributed by atoms with Gasteiger partial charge < -0.3 is 9.64 Å². The maximum Gasteiger partial charge on any atom is 0.142 e. The Morgan fingerprint density at radius 1 is 1.13 bits per heavy atom. The van der Waals surface area contributed by atoms with E-state index < -0.39 is 0 Å². The Morgan fingerprint density at radius 3 is 2.47 bits per heavy atom. The van der Waals surface area contributed by atoms with Crippen LogP contribution in [0.2, 0.25) is 0 Å². The summed E-state index contributed by atoms with van der Waals surface area (Å²) < 4.78 is 5.39. The molecule has 15 heavy (non-hydrogen) atoms. The average molecular weight is 201 g/mol. The van der Waals surface area contributed by atoms with Crippen LogP contribution in [0.15, 0.2) is 36.4 Å². The Bertz CT molecular complexity index is 385. The topological polar surface area (TPSA) is 12.2 Å². The molecule has 2 atom stereocenters. The highest BCUT2D eigenvalue weighted by Crippen LogP contribution is 2.45. The van der Waals surface area contributed by atoms with Crippen molar-refractivity contribution in [2.75, 3.05) is 12.0 Å². The number of nitrogens with zero attached hydrogens (tertiary/aromatic N) is 1. The van der Waals surface area contributed by atoms with Crippen molar-refractivity contribution >= 4 is 5.69 Å². The molecule has 2 heteroatoms. The molecule has 0 unspecified atom stereocenters. The summed E-state index contributed by atoms with van der Waals surface area (Å²) in [6.45, 7) is 0. The van der Waals surface area contributed by atoms with Gasteiger partial charge in [0.15, 0.2) is 0 Å². The highest BCUT2D eigenvalue weighted by Gasteiger charge is 2.47. The van der Waals surface area contributed by atoms with Crippen LogP contribution in [0.4, 0.5) is 5.69 Å². The first-order valence-corrected chi connectivity index (χ1v) is 5.48. The van der Waals surface area contributed by atoms with Gasteiger partial charge in [0, 0.05) is 0 Å². The summed E-state index contributed by atoms with van der Waals surface area (Å²) >= 11 is 0. The fourth-order valence-corrected chi connectivity index (χ4v) is 2.55. The molecule has 78 valence electrons. The van der Waals surface area contributed by atoms with Crippen molar-refractivity contribution < 1.29 is 4.74 Å². The molecule has 1 heterocycles. The fraction of sp³-hybridized carbons (Fsp3) is 0.385. The van der Waals surface area contributed by atoms with Crippen LogP contribution >= 0.6 is 0 Å². The van der Waals surface area contributed by atoms with Gasteiger partial charge in [-0.2, -0.15) is 0 Å². The van der Waals surface area contributed by atoms with E-state index in [1.165, 1.54) is 18.5 Å². The van der Waals surface area contributed by atoms with Gasteiger partial charge in [0.2, 0.25) is 0 Å². The molecular weight excluding hydrogens is 186 g/mol. The van der Waals surface area contributed by atoms with Gasteiger partial charge in [-0.1, -0.05) is 24.3 Å². The normalized spacial score (nSPS) is 27.4. The molecule has 0 saturated carbocycles. The third-order valence-corrected chi connectivity index (χ3v) is 3.35. The van der Waals surface area contributed by atoms with Crippen LogP contribution < -0.4 is 9.64 Å². The van der Waals surface area contributed by atoms with Gasteiger partial charge in [-0.3, -0.25) is 0 Å². The van der Waals surface area contributed by atoms with Crippen molar-refractivity contribution in [1.29, 1.82) is 0 Å². The van der Waals surface area contributed by atoms with Gasteiger partial charge in [0.1, 0.15) is 5.75 Å². The van der Waals surface area contributed by atoms with Gasteiger partial charge in [0.05, 0.1) is 24.9 Å². The van der Waals surface area contributed by atoms with E-state index in [9.17, 15) is 0 Å². The van der Waals surface area contributed by atoms with Crippen molar-refractivity contribution in [3.8, 4) is 5.75 Å². The number of hydrogen-bond donors (Lipinski definition) is 0. The van der Waals surface area contributed by atoms with E-state index in [4.69, 9.17) is 4.74 Å². The number of para-hydroxylation sites is 2. The lowest BCUT2D eigenvalue weighted by Crippen LogP contribution is -2.00. The lowest BCUT2D eigenvalue weighted by Gasteiger charge is -2.10. The first-order valence-electron chi connectivity index (χ1n) is 5.48. The molecule has 1 aliphatic carbocycles. The number of fused-ring (bicyclic) bond motifs is 1. The lowest BCUT2D eigenvalue weighted by atomic mass is 10.1. The van der Waals surface area contributed by atoms with Crippen LogP contribution in [-0.2, 0) is 0 Å². The molecule has 0 amide bonds. The highest BCUT2D eigenvalue weighted by atomic mass is 16.5. The molecule has 1 saturated heterocycles. The summed E-state index contributed by atoms with van der Waals surface area (Å²) in [7, 11) is 1.74. The van der Waals surface area contributed by atoms with Gasteiger partial charge in [-0.05, 0) is 25.0 Å². The summed E-state index contributed by atoms with van der Waals surface area (Å²) in [5.74, 6) is 0.993. The second kappa shape index (κ2) is 3.30. The van der Waals surface area contributed by atoms with Gasteiger partial charge >= 0.3 is 0 Å². The predicted molar refractivity (Wildman–Crippen MR) is 61.4 cm³/mol. The average Bonchev–Trinajstić information content (AvgIpc) is 3.03. The van der Waals surface area contributed by atoms with Gasteiger partial charge in [0.25, 0.3) is 0 Å². The standard InChI is InChI=1S/C13H15NO/c1-15-13-9-5-4-8-12(13)14-10-6-2-3-7-11(10)14/h2-5,8-11H,6-7H2,1H3/t10-,11+,14?. The summed E-state index contributed by atoms with van der Waals surface area (Å²) in [6, 6.07) is 9.71. The third kappa shape index (κ3) is 1.32. The monoisotopic (exact) mass is 201 g/mol. The summed E-state index contributed by atoms with van der Waals surface area (Å²) in [5, 5.41) is 0. The molecule has 0 radical (unpaired) electrons. The number of anilines is 1. The number of methoxy groups -OCH3 is 1. The van der Waals surface area contributed by atoms with E-state index in [-0.39, 0.29) is 0 Å². The molecule has 2 aliphatic rings. The number of hydrogen-bond acceptors (Lipinski definition) is 2. The Morgan fingerprint density at radius 2 is 1.80 bits per heavy atom. The summed E-state index contributed by atoms with van der Waals surface area (Å²) in [5.41, 5.74) is 1.25. The van der Waals surface area contributed by atoms with Crippen molar-refractivity contribution in [2.45, 2.75) is 24.9 Å². The zero-order chi connectivity index (χ0) is 10.3. The van der Waals surface area contributed by atoms with E-state index in [0.717, 1.165) is 5.75 Å². The van der Waals surface area contributed by atoms with Crippen molar-refractivity contribution in [2.24, 2.45) is 0 Å². The molecular formula is C13H15NO. The molecule has 1 aromatic rings. The minimum absolute atomic E-state index is 0.714. The third-order valence-electron chi connectivity index (χ3n) is 3.35. The SMILES string of the molecule is COc1ccccc1N1[C@@H]2CC=CC[C@@H]21. The fourth-order valence-electron chi connectivity index (χ4n) is 2.55. The summed E-state index contributed by atoms with van der Waals surface area (Å²) in [6.07, 6.45) is 6.94. The minimum atomic E-state index is 0.714. The van der Waals surface area contributed by atoms with Crippen LogP contribution in [0.3, 0.4) is 0 Å². The largest absolute Gasteiger partial charge is 0.495 e. The first-order chi connectivity index (χ1) is 7.42. The van der Waals surface area contributed by atoms with Crippen molar-refractivity contribution in [1.82, 2.24) is 0 Å². The maximum atomic E-state index is 5.39. The smallest absolute Gasteiger partial charge is 0.142 e. The van der Waals surface area contributed by atoms with E-state index in [1.807, 2.05) is 12.1 Å². The molecule has 0 spiro atoms. The Balaban J connectivity index is 1.89. The molecule has 1 aliphatic heterocycles. The Kier molecular flexibility index (Phi) is 1.94. The molecule has 1 aromatic carbocycles. The van der Waals surface area contributed by atoms with Crippen LogP contribution in [0.5, 0.6) is 5.75 Å². The van der Waals surface area contributed by atoms with E-state index in [0.29, 0.717) is 12.1 Å². The van der Waals surface area contributed by atoms with Gasteiger partial charge in [-0.15, -0.1) is 0 Å². The quantitative estimate of drug-likeness (QED) is 0.538. The van der Waals surface area contributed by atoms with Crippen LogP contribution in [0.25, 0.3) is 0 Å². The number of ether oxygens (including phenoxy) is 1. The zero-order valence-corrected chi connectivity index (χ0v) is 8.89. The second-order valence-corrected chi connectivity index (χ2v) is 4.16. The van der Waals surface area contributed by atoms with Gasteiger partial charge in [-0.25, -0.2) is 0 Å².